The number of carbonyl (C=O) groups excluding carboxylic acids is 1. The molecule has 0 aromatic heterocycles. The molecule has 3 rings (SSSR count). The molecule has 1 aliphatic heterocycles. The molecule has 0 radical (unpaired) electrons. The van der Waals surface area contributed by atoms with E-state index in [1.807, 2.05) is 62.4 Å². The molecule has 2 aromatic carbocycles. The Kier molecular flexibility index (Phi) is 6.93. The summed E-state index contributed by atoms with van der Waals surface area (Å²) in [4.78, 5) is 14.9. The molecule has 1 N–H and O–H groups in total. The van der Waals surface area contributed by atoms with Gasteiger partial charge in [-0.15, -0.1) is 0 Å². The molecule has 1 heterocycles. The first-order valence-electron chi connectivity index (χ1n) is 10.0. The Hall–Kier alpha value is -2.53. The molecule has 150 valence electrons. The van der Waals surface area contributed by atoms with E-state index in [1.54, 1.807) is 0 Å². The van der Waals surface area contributed by atoms with Crippen molar-refractivity contribution < 1.29 is 14.3 Å². The lowest BCUT2D eigenvalue weighted by molar-refractivity contribution is -0.122. The number of piperidine rings is 1. The molecule has 1 saturated heterocycles. The first kappa shape index (κ1) is 20.2. The minimum atomic E-state index is -0.531. The van der Waals surface area contributed by atoms with Gasteiger partial charge >= 0.3 is 0 Å². The normalized spacial score (nSPS) is 16.4. The maximum atomic E-state index is 12.6. The predicted molar refractivity (Wildman–Crippen MR) is 112 cm³/mol. The number of nitrogens with one attached hydrogen (secondary N) is 1. The number of benzene rings is 2. The van der Waals surface area contributed by atoms with Crippen molar-refractivity contribution in [3.8, 4) is 11.5 Å². The molecule has 28 heavy (non-hydrogen) atoms. The monoisotopic (exact) mass is 382 g/mol. The fourth-order valence-electron chi connectivity index (χ4n) is 3.30. The SMILES string of the molecule is CC[C@@H](Oc1ccccc1C)C(=O)Nc1ccc(OC2CCN(C)CC2)cc1. The quantitative estimate of drug-likeness (QED) is 0.777. The molecule has 0 bridgehead atoms. The Morgan fingerprint density at radius 3 is 2.46 bits per heavy atom. The summed E-state index contributed by atoms with van der Waals surface area (Å²) >= 11 is 0. The van der Waals surface area contributed by atoms with Crippen molar-refractivity contribution in [1.82, 2.24) is 4.90 Å². The molecule has 0 unspecified atom stereocenters. The van der Waals surface area contributed by atoms with Crippen molar-refractivity contribution >= 4 is 11.6 Å². The molecule has 1 aliphatic rings. The highest BCUT2D eigenvalue weighted by atomic mass is 16.5. The minimum absolute atomic E-state index is 0.144. The Balaban J connectivity index is 1.55. The van der Waals surface area contributed by atoms with Gasteiger partial charge in [0.2, 0.25) is 0 Å². The number of ether oxygens (including phenoxy) is 2. The van der Waals surface area contributed by atoms with Gasteiger partial charge in [0.15, 0.2) is 6.10 Å². The molecule has 0 spiro atoms. The molecule has 2 aromatic rings. The van der Waals surface area contributed by atoms with E-state index in [4.69, 9.17) is 9.47 Å². The second-order valence-electron chi connectivity index (χ2n) is 7.41. The Morgan fingerprint density at radius 2 is 1.82 bits per heavy atom. The van der Waals surface area contributed by atoms with E-state index in [0.717, 1.165) is 48.7 Å². The van der Waals surface area contributed by atoms with Gasteiger partial charge < -0.3 is 19.7 Å². The summed E-state index contributed by atoms with van der Waals surface area (Å²) in [5, 5.41) is 2.94. The van der Waals surface area contributed by atoms with Crippen LogP contribution in [0.4, 0.5) is 5.69 Å². The number of aryl methyl sites for hydroxylation is 1. The zero-order chi connectivity index (χ0) is 19.9. The van der Waals surface area contributed by atoms with Crippen LogP contribution in [-0.2, 0) is 4.79 Å². The van der Waals surface area contributed by atoms with Crippen molar-refractivity contribution in [2.24, 2.45) is 0 Å². The zero-order valence-corrected chi connectivity index (χ0v) is 17.0. The molecule has 5 nitrogen and oxygen atoms in total. The smallest absolute Gasteiger partial charge is 0.265 e. The molecule has 0 saturated carbocycles. The first-order valence-corrected chi connectivity index (χ1v) is 10.0. The lowest BCUT2D eigenvalue weighted by atomic mass is 10.1. The number of likely N-dealkylation sites (tertiary alicyclic amines) is 1. The molecular formula is C23H30N2O3. The van der Waals surface area contributed by atoms with Gasteiger partial charge in [-0.2, -0.15) is 0 Å². The summed E-state index contributed by atoms with van der Waals surface area (Å²) in [6.07, 6.45) is 2.42. The van der Waals surface area contributed by atoms with Crippen LogP contribution >= 0.6 is 0 Å². The van der Waals surface area contributed by atoms with Gasteiger partial charge in [-0.3, -0.25) is 4.79 Å². The number of nitrogens with zero attached hydrogens (tertiary/aromatic N) is 1. The second kappa shape index (κ2) is 9.60. The van der Waals surface area contributed by atoms with Gasteiger partial charge in [-0.1, -0.05) is 25.1 Å². The van der Waals surface area contributed by atoms with Crippen LogP contribution in [0.1, 0.15) is 31.7 Å². The number of hydrogen-bond acceptors (Lipinski definition) is 4. The highest BCUT2D eigenvalue weighted by Crippen LogP contribution is 2.22. The third kappa shape index (κ3) is 5.49. The standard InChI is InChI=1S/C23H30N2O3/c1-4-21(28-22-8-6-5-7-17(22)2)23(26)24-18-9-11-19(12-10-18)27-20-13-15-25(3)16-14-20/h5-12,20-21H,4,13-16H2,1-3H3,(H,24,26)/t21-/m1/s1. The Bertz CT molecular complexity index is 768. The van der Waals surface area contributed by atoms with Crippen LogP contribution < -0.4 is 14.8 Å². The summed E-state index contributed by atoms with van der Waals surface area (Å²) in [6, 6.07) is 15.3. The highest BCUT2D eigenvalue weighted by Gasteiger charge is 2.20. The number of anilines is 1. The summed E-state index contributed by atoms with van der Waals surface area (Å²) < 4.78 is 12.0. The van der Waals surface area contributed by atoms with Gasteiger partial charge in [0.1, 0.15) is 17.6 Å². The largest absolute Gasteiger partial charge is 0.490 e. The van der Waals surface area contributed by atoms with E-state index >= 15 is 0 Å². The molecular weight excluding hydrogens is 352 g/mol. The highest BCUT2D eigenvalue weighted by molar-refractivity contribution is 5.94. The maximum absolute atomic E-state index is 12.6. The molecule has 1 atom stereocenters. The van der Waals surface area contributed by atoms with Gasteiger partial charge in [-0.25, -0.2) is 0 Å². The number of amides is 1. The second-order valence-corrected chi connectivity index (χ2v) is 7.41. The third-order valence-electron chi connectivity index (χ3n) is 5.12. The van der Waals surface area contributed by atoms with Crippen molar-refractivity contribution in [3.05, 3.63) is 54.1 Å². The van der Waals surface area contributed by atoms with Crippen LogP contribution in [-0.4, -0.2) is 43.2 Å². The average Bonchev–Trinajstić information content (AvgIpc) is 2.70. The minimum Gasteiger partial charge on any atom is -0.490 e. The van der Waals surface area contributed by atoms with Crippen LogP contribution in [0.15, 0.2) is 48.5 Å². The van der Waals surface area contributed by atoms with E-state index in [-0.39, 0.29) is 12.0 Å². The fourth-order valence-corrected chi connectivity index (χ4v) is 3.30. The van der Waals surface area contributed by atoms with Gasteiger partial charge in [-0.05, 0) is 69.1 Å². The van der Waals surface area contributed by atoms with Crippen molar-refractivity contribution in [2.75, 3.05) is 25.5 Å². The Morgan fingerprint density at radius 1 is 1.14 bits per heavy atom. The maximum Gasteiger partial charge on any atom is 0.265 e. The van der Waals surface area contributed by atoms with Gasteiger partial charge in [0.25, 0.3) is 5.91 Å². The van der Waals surface area contributed by atoms with Crippen molar-refractivity contribution in [3.63, 3.8) is 0 Å². The lowest BCUT2D eigenvalue weighted by Gasteiger charge is -2.29. The first-order chi connectivity index (χ1) is 13.5. The zero-order valence-electron chi connectivity index (χ0n) is 17.0. The fraction of sp³-hybridized carbons (Fsp3) is 0.435. The number of para-hydroxylation sites is 1. The van der Waals surface area contributed by atoms with Crippen LogP contribution in [0.5, 0.6) is 11.5 Å². The predicted octanol–water partition coefficient (Wildman–Crippen LogP) is 4.26. The molecule has 5 heteroatoms. The van der Waals surface area contributed by atoms with Crippen molar-refractivity contribution in [2.45, 2.75) is 45.3 Å². The van der Waals surface area contributed by atoms with E-state index in [1.165, 1.54) is 0 Å². The van der Waals surface area contributed by atoms with Crippen molar-refractivity contribution in [1.29, 1.82) is 0 Å². The number of rotatable bonds is 7. The summed E-state index contributed by atoms with van der Waals surface area (Å²) in [5.41, 5.74) is 1.76. The number of hydrogen-bond donors (Lipinski definition) is 1. The van der Waals surface area contributed by atoms with Crippen LogP contribution in [0.25, 0.3) is 0 Å². The van der Waals surface area contributed by atoms with Crippen LogP contribution in [0, 0.1) is 6.92 Å². The molecule has 1 amide bonds. The topological polar surface area (TPSA) is 50.8 Å². The Labute approximate surface area is 167 Å². The number of carbonyl (C=O) groups is 1. The van der Waals surface area contributed by atoms with Crippen LogP contribution in [0.3, 0.4) is 0 Å². The van der Waals surface area contributed by atoms with Gasteiger partial charge in [0, 0.05) is 18.8 Å². The van der Waals surface area contributed by atoms with E-state index in [0.29, 0.717) is 6.42 Å². The van der Waals surface area contributed by atoms with Crippen LogP contribution in [0.2, 0.25) is 0 Å². The average molecular weight is 383 g/mol. The van der Waals surface area contributed by atoms with E-state index < -0.39 is 6.10 Å². The lowest BCUT2D eigenvalue weighted by Crippen LogP contribution is -2.35. The molecule has 0 aliphatic carbocycles. The summed E-state index contributed by atoms with van der Waals surface area (Å²) in [7, 11) is 2.14. The summed E-state index contributed by atoms with van der Waals surface area (Å²) in [6.45, 7) is 6.06. The van der Waals surface area contributed by atoms with E-state index in [2.05, 4.69) is 17.3 Å². The third-order valence-corrected chi connectivity index (χ3v) is 5.12. The van der Waals surface area contributed by atoms with Gasteiger partial charge in [0.05, 0.1) is 0 Å². The van der Waals surface area contributed by atoms with E-state index in [9.17, 15) is 4.79 Å². The summed E-state index contributed by atoms with van der Waals surface area (Å²) in [5.74, 6) is 1.44. The molecule has 1 fully saturated rings.